The van der Waals surface area contributed by atoms with Crippen molar-refractivity contribution in [3.8, 4) is 0 Å². The van der Waals surface area contributed by atoms with Crippen LogP contribution in [-0.2, 0) is 13.1 Å². The molecule has 2 rings (SSSR count). The zero-order valence-electron chi connectivity index (χ0n) is 13.5. The van der Waals surface area contributed by atoms with Crippen LogP contribution in [0.15, 0.2) is 18.2 Å². The van der Waals surface area contributed by atoms with E-state index < -0.39 is 0 Å². The summed E-state index contributed by atoms with van der Waals surface area (Å²) in [5, 5.41) is 3.29. The molecule has 1 aromatic rings. The standard InChI is InChI=1S/C17H28FN3/c1-4-19-12-14-5-6-17(18)15(11-14)13-21(3)16-7-9-20(2)10-8-16/h5-6,11,16,19H,4,7-10,12-13H2,1-3H3. The molecule has 0 aliphatic carbocycles. The molecular formula is C17H28FN3. The van der Waals surface area contributed by atoms with E-state index in [0.717, 1.165) is 37.3 Å². The Morgan fingerprint density at radius 1 is 1.33 bits per heavy atom. The molecule has 0 bridgehead atoms. The van der Waals surface area contributed by atoms with Gasteiger partial charge in [-0.15, -0.1) is 0 Å². The van der Waals surface area contributed by atoms with Gasteiger partial charge in [-0.2, -0.15) is 0 Å². The third-order valence-corrected chi connectivity index (χ3v) is 4.42. The van der Waals surface area contributed by atoms with Crippen molar-refractivity contribution < 1.29 is 4.39 Å². The third kappa shape index (κ3) is 4.77. The predicted molar refractivity (Wildman–Crippen MR) is 85.8 cm³/mol. The van der Waals surface area contributed by atoms with Crippen LogP contribution in [0, 0.1) is 5.82 Å². The van der Waals surface area contributed by atoms with Crippen LogP contribution in [0.4, 0.5) is 4.39 Å². The summed E-state index contributed by atoms with van der Waals surface area (Å²) in [6.07, 6.45) is 2.34. The minimum atomic E-state index is -0.0879. The maximum Gasteiger partial charge on any atom is 0.127 e. The van der Waals surface area contributed by atoms with Crippen LogP contribution in [0.3, 0.4) is 0 Å². The highest BCUT2D eigenvalue weighted by Gasteiger charge is 2.21. The fourth-order valence-electron chi connectivity index (χ4n) is 2.96. The first-order valence-electron chi connectivity index (χ1n) is 7.97. The van der Waals surface area contributed by atoms with Crippen molar-refractivity contribution in [2.24, 2.45) is 0 Å². The first-order valence-corrected chi connectivity index (χ1v) is 7.97. The molecule has 0 radical (unpaired) electrons. The van der Waals surface area contributed by atoms with E-state index in [0.29, 0.717) is 12.6 Å². The summed E-state index contributed by atoms with van der Waals surface area (Å²) in [4.78, 5) is 4.67. The number of benzene rings is 1. The Labute approximate surface area is 128 Å². The third-order valence-electron chi connectivity index (χ3n) is 4.42. The van der Waals surface area contributed by atoms with Gasteiger partial charge in [0.1, 0.15) is 5.82 Å². The molecular weight excluding hydrogens is 265 g/mol. The monoisotopic (exact) mass is 293 g/mol. The van der Waals surface area contributed by atoms with Crippen molar-refractivity contribution in [1.29, 1.82) is 0 Å². The van der Waals surface area contributed by atoms with Gasteiger partial charge in [0.15, 0.2) is 0 Å². The van der Waals surface area contributed by atoms with Gasteiger partial charge in [-0.1, -0.05) is 19.1 Å². The average molecular weight is 293 g/mol. The van der Waals surface area contributed by atoms with Crippen molar-refractivity contribution in [3.05, 3.63) is 35.1 Å². The molecule has 4 heteroatoms. The van der Waals surface area contributed by atoms with E-state index in [1.165, 1.54) is 12.8 Å². The lowest BCUT2D eigenvalue weighted by Gasteiger charge is -2.35. The number of rotatable bonds is 6. The number of nitrogens with one attached hydrogen (secondary N) is 1. The largest absolute Gasteiger partial charge is 0.313 e. The second-order valence-electron chi connectivity index (χ2n) is 6.16. The van der Waals surface area contributed by atoms with Gasteiger partial charge in [-0.3, -0.25) is 4.90 Å². The minimum Gasteiger partial charge on any atom is -0.313 e. The van der Waals surface area contributed by atoms with Gasteiger partial charge in [-0.05, 0) is 58.2 Å². The summed E-state index contributed by atoms with van der Waals surface area (Å²) in [5.74, 6) is -0.0879. The zero-order chi connectivity index (χ0) is 15.2. The Kier molecular flexibility index (Phi) is 6.15. The van der Waals surface area contributed by atoms with E-state index in [1.807, 2.05) is 12.1 Å². The summed E-state index contributed by atoms with van der Waals surface area (Å²) < 4.78 is 14.0. The van der Waals surface area contributed by atoms with Gasteiger partial charge < -0.3 is 10.2 Å². The van der Waals surface area contributed by atoms with Gasteiger partial charge in [0.25, 0.3) is 0 Å². The maximum absolute atomic E-state index is 14.0. The predicted octanol–water partition coefficient (Wildman–Crippen LogP) is 2.46. The molecule has 0 spiro atoms. The molecule has 0 aromatic heterocycles. The number of likely N-dealkylation sites (tertiary alicyclic amines) is 1. The van der Waals surface area contributed by atoms with Crippen molar-refractivity contribution in [2.75, 3.05) is 33.7 Å². The fraction of sp³-hybridized carbons (Fsp3) is 0.647. The second kappa shape index (κ2) is 7.87. The fourth-order valence-corrected chi connectivity index (χ4v) is 2.96. The summed E-state index contributed by atoms with van der Waals surface area (Å²) in [5.41, 5.74) is 1.97. The maximum atomic E-state index is 14.0. The summed E-state index contributed by atoms with van der Waals surface area (Å²) >= 11 is 0. The van der Waals surface area contributed by atoms with Gasteiger partial charge in [0, 0.05) is 24.7 Å². The van der Waals surface area contributed by atoms with Crippen molar-refractivity contribution in [1.82, 2.24) is 15.1 Å². The summed E-state index contributed by atoms with van der Waals surface area (Å²) in [6, 6.07) is 6.04. The van der Waals surface area contributed by atoms with Crippen molar-refractivity contribution in [2.45, 2.75) is 38.9 Å². The smallest absolute Gasteiger partial charge is 0.127 e. The molecule has 1 fully saturated rings. The second-order valence-corrected chi connectivity index (χ2v) is 6.16. The lowest BCUT2D eigenvalue weighted by atomic mass is 10.0. The van der Waals surface area contributed by atoms with Crippen LogP contribution in [-0.4, -0.2) is 49.6 Å². The molecule has 1 aliphatic heterocycles. The van der Waals surface area contributed by atoms with E-state index in [9.17, 15) is 4.39 Å². The van der Waals surface area contributed by atoms with E-state index >= 15 is 0 Å². The van der Waals surface area contributed by atoms with Crippen LogP contribution >= 0.6 is 0 Å². The van der Waals surface area contributed by atoms with Crippen LogP contribution in [0.1, 0.15) is 30.9 Å². The van der Waals surface area contributed by atoms with Crippen LogP contribution in [0.2, 0.25) is 0 Å². The normalized spacial score (nSPS) is 17.6. The Bertz CT molecular complexity index is 442. The quantitative estimate of drug-likeness (QED) is 0.869. The molecule has 118 valence electrons. The Morgan fingerprint density at radius 3 is 2.71 bits per heavy atom. The minimum absolute atomic E-state index is 0.0879. The lowest BCUT2D eigenvalue weighted by molar-refractivity contribution is 0.138. The highest BCUT2D eigenvalue weighted by Crippen LogP contribution is 2.19. The van der Waals surface area contributed by atoms with Crippen molar-refractivity contribution in [3.63, 3.8) is 0 Å². The number of hydrogen-bond donors (Lipinski definition) is 1. The van der Waals surface area contributed by atoms with E-state index in [4.69, 9.17) is 0 Å². The Hall–Kier alpha value is -0.970. The Balaban J connectivity index is 1.97. The van der Waals surface area contributed by atoms with Gasteiger partial charge in [0.2, 0.25) is 0 Å². The highest BCUT2D eigenvalue weighted by molar-refractivity contribution is 5.25. The molecule has 0 saturated carbocycles. The first kappa shape index (κ1) is 16.4. The molecule has 21 heavy (non-hydrogen) atoms. The number of halogens is 1. The molecule has 0 unspecified atom stereocenters. The van der Waals surface area contributed by atoms with E-state index in [1.54, 1.807) is 6.07 Å². The van der Waals surface area contributed by atoms with Crippen LogP contribution in [0.5, 0.6) is 0 Å². The van der Waals surface area contributed by atoms with E-state index in [-0.39, 0.29) is 5.82 Å². The summed E-state index contributed by atoms with van der Waals surface area (Å²) in [7, 11) is 4.28. The number of hydrogen-bond acceptors (Lipinski definition) is 3. The Morgan fingerprint density at radius 2 is 2.05 bits per heavy atom. The molecule has 1 saturated heterocycles. The van der Waals surface area contributed by atoms with Crippen LogP contribution in [0.25, 0.3) is 0 Å². The number of piperidine rings is 1. The molecule has 0 amide bonds. The molecule has 1 heterocycles. The highest BCUT2D eigenvalue weighted by atomic mass is 19.1. The first-order chi connectivity index (χ1) is 10.1. The van der Waals surface area contributed by atoms with Gasteiger partial charge in [0.05, 0.1) is 0 Å². The zero-order valence-corrected chi connectivity index (χ0v) is 13.5. The van der Waals surface area contributed by atoms with Crippen molar-refractivity contribution >= 4 is 0 Å². The SMILES string of the molecule is CCNCc1ccc(F)c(CN(C)C2CCN(C)CC2)c1. The van der Waals surface area contributed by atoms with Crippen LogP contribution < -0.4 is 5.32 Å². The molecule has 0 atom stereocenters. The summed E-state index contributed by atoms with van der Waals surface area (Å²) in [6.45, 7) is 6.79. The number of nitrogens with zero attached hydrogens (tertiary/aromatic N) is 2. The molecule has 1 aromatic carbocycles. The van der Waals surface area contributed by atoms with E-state index in [2.05, 4.69) is 36.1 Å². The van der Waals surface area contributed by atoms with Gasteiger partial charge >= 0.3 is 0 Å². The topological polar surface area (TPSA) is 18.5 Å². The molecule has 1 aliphatic rings. The lowest BCUT2D eigenvalue weighted by Crippen LogP contribution is -2.41. The average Bonchev–Trinajstić information content (AvgIpc) is 2.48. The molecule has 3 nitrogen and oxygen atoms in total. The molecule has 1 N–H and O–H groups in total. The van der Waals surface area contributed by atoms with Gasteiger partial charge in [-0.25, -0.2) is 4.39 Å².